The molecule has 0 atom stereocenters. The highest BCUT2D eigenvalue weighted by molar-refractivity contribution is 5.73. The number of carbonyl (C=O) groups excluding carboxylic acids is 1. The van der Waals surface area contributed by atoms with E-state index in [0.717, 1.165) is 30.9 Å². The lowest BCUT2D eigenvalue weighted by Gasteiger charge is -2.26. The molecule has 0 spiro atoms. The Balaban J connectivity index is 2.10. The maximum Gasteiger partial charge on any atom is 0.239 e. The molecule has 5 nitrogen and oxygen atoms in total. The quantitative estimate of drug-likeness (QED) is 0.894. The number of benzene rings is 1. The molecule has 0 saturated heterocycles. The zero-order chi connectivity index (χ0) is 15.7. The van der Waals surface area contributed by atoms with Crippen LogP contribution in [0.1, 0.15) is 36.4 Å². The standard InChI is InChI=1S/C17H22N4O/c1-17(2,12-6-4-3-5-7-12)16-13-10-19-9-8-14(13)21(20-16)11-15(18)22/h3-7,19H,8-11H2,1-2H3,(H2,18,22). The van der Waals surface area contributed by atoms with Crippen LogP contribution in [0.4, 0.5) is 0 Å². The number of amides is 1. The Morgan fingerprint density at radius 1 is 1.36 bits per heavy atom. The number of rotatable bonds is 4. The van der Waals surface area contributed by atoms with Gasteiger partial charge in [-0.3, -0.25) is 9.48 Å². The second kappa shape index (κ2) is 5.57. The fourth-order valence-corrected chi connectivity index (χ4v) is 3.19. The Bertz CT molecular complexity index is 688. The maximum atomic E-state index is 11.3. The minimum Gasteiger partial charge on any atom is -0.368 e. The van der Waals surface area contributed by atoms with E-state index in [-0.39, 0.29) is 17.9 Å². The summed E-state index contributed by atoms with van der Waals surface area (Å²) in [4.78, 5) is 11.3. The highest BCUT2D eigenvalue weighted by Gasteiger charge is 2.32. The number of aromatic nitrogens is 2. The number of carbonyl (C=O) groups is 1. The fraction of sp³-hybridized carbons (Fsp3) is 0.412. The van der Waals surface area contributed by atoms with Crippen LogP contribution in [0, 0.1) is 0 Å². The molecule has 0 bridgehead atoms. The van der Waals surface area contributed by atoms with Gasteiger partial charge in [-0.1, -0.05) is 44.2 Å². The SMILES string of the molecule is CC(C)(c1ccccc1)c1nn(CC(N)=O)c2c1CNCC2. The fourth-order valence-electron chi connectivity index (χ4n) is 3.19. The van der Waals surface area contributed by atoms with Crippen LogP contribution in [0.3, 0.4) is 0 Å². The molecule has 0 unspecified atom stereocenters. The zero-order valence-corrected chi connectivity index (χ0v) is 13.1. The lowest BCUT2D eigenvalue weighted by Crippen LogP contribution is -2.28. The van der Waals surface area contributed by atoms with Crippen molar-refractivity contribution in [2.24, 2.45) is 5.73 Å². The van der Waals surface area contributed by atoms with Crippen molar-refractivity contribution in [3.63, 3.8) is 0 Å². The van der Waals surface area contributed by atoms with Gasteiger partial charge in [0.1, 0.15) is 6.54 Å². The average molecular weight is 298 g/mol. The average Bonchev–Trinajstić information content (AvgIpc) is 2.87. The summed E-state index contributed by atoms with van der Waals surface area (Å²) in [5.74, 6) is -0.354. The van der Waals surface area contributed by atoms with E-state index in [4.69, 9.17) is 10.8 Å². The first-order valence-electron chi connectivity index (χ1n) is 7.63. The van der Waals surface area contributed by atoms with Gasteiger partial charge in [0.05, 0.1) is 5.69 Å². The Morgan fingerprint density at radius 2 is 2.09 bits per heavy atom. The minimum absolute atomic E-state index is 0.146. The number of nitrogens with two attached hydrogens (primary N) is 1. The zero-order valence-electron chi connectivity index (χ0n) is 13.1. The van der Waals surface area contributed by atoms with Crippen LogP contribution in [0.25, 0.3) is 0 Å². The number of hydrogen-bond acceptors (Lipinski definition) is 3. The molecule has 1 aromatic heterocycles. The van der Waals surface area contributed by atoms with Crippen molar-refractivity contribution in [3.05, 3.63) is 52.8 Å². The number of fused-ring (bicyclic) bond motifs is 1. The van der Waals surface area contributed by atoms with Gasteiger partial charge in [0.15, 0.2) is 0 Å². The molecule has 22 heavy (non-hydrogen) atoms. The molecule has 1 aromatic carbocycles. The normalized spacial score (nSPS) is 14.6. The van der Waals surface area contributed by atoms with Crippen molar-refractivity contribution in [3.8, 4) is 0 Å². The molecule has 0 fully saturated rings. The van der Waals surface area contributed by atoms with E-state index in [1.54, 1.807) is 4.68 Å². The highest BCUT2D eigenvalue weighted by Crippen LogP contribution is 2.34. The summed E-state index contributed by atoms with van der Waals surface area (Å²) in [6, 6.07) is 10.3. The van der Waals surface area contributed by atoms with E-state index in [0.29, 0.717) is 0 Å². The second-order valence-corrected chi connectivity index (χ2v) is 6.32. The number of nitrogens with one attached hydrogen (secondary N) is 1. The molecular weight excluding hydrogens is 276 g/mol. The van der Waals surface area contributed by atoms with Crippen LogP contribution in [0.2, 0.25) is 0 Å². The first kappa shape index (κ1) is 14.8. The van der Waals surface area contributed by atoms with Crippen LogP contribution in [-0.2, 0) is 29.7 Å². The molecule has 1 amide bonds. The Labute approximate surface area is 130 Å². The van der Waals surface area contributed by atoms with E-state index in [1.807, 2.05) is 18.2 Å². The van der Waals surface area contributed by atoms with Gasteiger partial charge in [-0.15, -0.1) is 0 Å². The summed E-state index contributed by atoms with van der Waals surface area (Å²) in [6.45, 7) is 6.19. The van der Waals surface area contributed by atoms with Crippen LogP contribution >= 0.6 is 0 Å². The summed E-state index contributed by atoms with van der Waals surface area (Å²) < 4.78 is 1.79. The van der Waals surface area contributed by atoms with Crippen LogP contribution in [0.15, 0.2) is 30.3 Å². The van der Waals surface area contributed by atoms with E-state index in [1.165, 1.54) is 11.1 Å². The third kappa shape index (κ3) is 2.52. The van der Waals surface area contributed by atoms with E-state index in [2.05, 4.69) is 31.3 Å². The summed E-state index contributed by atoms with van der Waals surface area (Å²) >= 11 is 0. The lowest BCUT2D eigenvalue weighted by atomic mass is 9.79. The van der Waals surface area contributed by atoms with Gasteiger partial charge in [-0.2, -0.15) is 5.10 Å². The molecule has 2 aromatic rings. The molecule has 0 saturated carbocycles. The van der Waals surface area contributed by atoms with Crippen LogP contribution in [0.5, 0.6) is 0 Å². The summed E-state index contributed by atoms with van der Waals surface area (Å²) in [5, 5.41) is 8.16. The molecule has 0 aliphatic carbocycles. The third-order valence-corrected chi connectivity index (χ3v) is 4.40. The molecule has 2 heterocycles. The van der Waals surface area contributed by atoms with Gasteiger partial charge in [-0.05, 0) is 5.56 Å². The van der Waals surface area contributed by atoms with Gasteiger partial charge < -0.3 is 11.1 Å². The Kier molecular flexibility index (Phi) is 3.74. The van der Waals surface area contributed by atoms with Gasteiger partial charge >= 0.3 is 0 Å². The summed E-state index contributed by atoms with van der Waals surface area (Å²) in [7, 11) is 0. The number of primary amides is 1. The molecule has 3 N–H and O–H groups in total. The van der Waals surface area contributed by atoms with Crippen LogP contribution in [-0.4, -0.2) is 22.2 Å². The highest BCUT2D eigenvalue weighted by atomic mass is 16.1. The first-order chi connectivity index (χ1) is 10.5. The topological polar surface area (TPSA) is 72.9 Å². The van der Waals surface area contributed by atoms with E-state index < -0.39 is 0 Å². The molecule has 1 aliphatic rings. The first-order valence-corrected chi connectivity index (χ1v) is 7.63. The molecule has 5 heteroatoms. The van der Waals surface area contributed by atoms with Crippen molar-refractivity contribution in [2.75, 3.05) is 6.54 Å². The minimum atomic E-state index is -0.354. The predicted octanol–water partition coefficient (Wildman–Crippen LogP) is 1.34. The predicted molar refractivity (Wildman–Crippen MR) is 85.4 cm³/mol. The molecule has 116 valence electrons. The largest absolute Gasteiger partial charge is 0.368 e. The van der Waals surface area contributed by atoms with Gasteiger partial charge in [0.25, 0.3) is 0 Å². The van der Waals surface area contributed by atoms with Gasteiger partial charge in [0.2, 0.25) is 5.91 Å². The summed E-state index contributed by atoms with van der Waals surface area (Å²) in [5.41, 5.74) is 9.75. The van der Waals surface area contributed by atoms with Gasteiger partial charge in [-0.25, -0.2) is 0 Å². The van der Waals surface area contributed by atoms with Crippen molar-refractivity contribution in [1.29, 1.82) is 0 Å². The summed E-state index contributed by atoms with van der Waals surface area (Å²) in [6.07, 6.45) is 0.875. The van der Waals surface area contributed by atoms with Crippen molar-refractivity contribution in [1.82, 2.24) is 15.1 Å². The smallest absolute Gasteiger partial charge is 0.239 e. The van der Waals surface area contributed by atoms with E-state index in [9.17, 15) is 4.79 Å². The molecule has 1 aliphatic heterocycles. The van der Waals surface area contributed by atoms with Crippen molar-refractivity contribution >= 4 is 5.91 Å². The molecular formula is C17H22N4O. The van der Waals surface area contributed by atoms with Gasteiger partial charge in [0, 0.05) is 36.2 Å². The van der Waals surface area contributed by atoms with Crippen molar-refractivity contribution in [2.45, 2.75) is 38.8 Å². The Morgan fingerprint density at radius 3 is 2.77 bits per heavy atom. The third-order valence-electron chi connectivity index (χ3n) is 4.40. The van der Waals surface area contributed by atoms with Crippen molar-refractivity contribution < 1.29 is 4.79 Å². The number of nitrogens with zero attached hydrogens (tertiary/aromatic N) is 2. The molecule has 0 radical (unpaired) electrons. The monoisotopic (exact) mass is 298 g/mol. The second-order valence-electron chi connectivity index (χ2n) is 6.32. The number of hydrogen-bond donors (Lipinski definition) is 2. The van der Waals surface area contributed by atoms with E-state index >= 15 is 0 Å². The lowest BCUT2D eigenvalue weighted by molar-refractivity contribution is -0.118. The maximum absolute atomic E-state index is 11.3. The Hall–Kier alpha value is -2.14. The molecule has 3 rings (SSSR count). The van der Waals surface area contributed by atoms with Crippen LogP contribution < -0.4 is 11.1 Å².